The van der Waals surface area contributed by atoms with Crippen molar-refractivity contribution in [3.05, 3.63) is 0 Å². The number of rotatable bonds is 10. The molecule has 2 unspecified atom stereocenters. The van der Waals surface area contributed by atoms with E-state index in [1.807, 2.05) is 11.8 Å². The molecule has 0 aromatic carbocycles. The maximum Gasteiger partial charge on any atom is 0.309 e. The predicted octanol–water partition coefficient (Wildman–Crippen LogP) is 1.83. The molecule has 120 valence electrons. The lowest BCUT2D eigenvalue weighted by atomic mass is 10.1. The summed E-state index contributed by atoms with van der Waals surface area (Å²) in [6.45, 7) is 1.23. The number of thioether (sulfide) groups is 1. The molecule has 0 N–H and O–H groups in total. The summed E-state index contributed by atoms with van der Waals surface area (Å²) in [5.74, 6) is 4.87. The molecule has 2 heterocycles. The highest BCUT2D eigenvalue weighted by Crippen LogP contribution is 2.21. The number of thiol groups is 1. The molecule has 6 heteroatoms. The second-order valence-corrected chi connectivity index (χ2v) is 8.09. The van der Waals surface area contributed by atoms with E-state index in [1.54, 1.807) is 0 Å². The van der Waals surface area contributed by atoms with Gasteiger partial charge < -0.3 is 9.47 Å². The fourth-order valence-corrected chi connectivity index (χ4v) is 4.88. The summed E-state index contributed by atoms with van der Waals surface area (Å²) in [5, 5.41) is 0. The van der Waals surface area contributed by atoms with Crippen molar-refractivity contribution in [2.45, 2.75) is 32.1 Å². The fourth-order valence-electron chi connectivity index (χ4n) is 2.56. The Balaban J connectivity index is 1.35. The van der Waals surface area contributed by atoms with E-state index in [-0.39, 0.29) is 23.8 Å². The zero-order valence-electron chi connectivity index (χ0n) is 12.4. The molecule has 2 atom stereocenters. The summed E-state index contributed by atoms with van der Waals surface area (Å²) < 4.78 is 9.91. The first-order valence-electron chi connectivity index (χ1n) is 7.81. The molecule has 4 nitrogen and oxygen atoms in total. The first kappa shape index (κ1) is 17.0. The lowest BCUT2D eigenvalue weighted by molar-refractivity contribution is -0.142. The molecule has 2 rings (SSSR count). The SMILES string of the molecule is O=C1OCCC1CCSCCC[SH+]CCC1CCOC1=O. The number of ether oxygens (including phenoxy) is 2. The minimum atomic E-state index is -0.000409. The normalized spacial score (nSPS) is 25.1. The molecule has 2 fully saturated rings. The number of carbonyl (C=O) groups is 2. The van der Waals surface area contributed by atoms with Crippen molar-refractivity contribution in [2.24, 2.45) is 11.8 Å². The molecule has 2 aliphatic rings. The van der Waals surface area contributed by atoms with Gasteiger partial charge in [0.25, 0.3) is 0 Å². The number of hydrogen-bond donors (Lipinski definition) is 0. The minimum absolute atomic E-state index is 0.000409. The van der Waals surface area contributed by atoms with Crippen molar-refractivity contribution in [1.29, 1.82) is 0 Å². The highest BCUT2D eigenvalue weighted by atomic mass is 32.2. The van der Waals surface area contributed by atoms with E-state index in [0.717, 1.165) is 37.2 Å². The van der Waals surface area contributed by atoms with Crippen LogP contribution in [0.25, 0.3) is 0 Å². The van der Waals surface area contributed by atoms with Crippen LogP contribution in [0.4, 0.5) is 0 Å². The van der Waals surface area contributed by atoms with Gasteiger partial charge in [-0.3, -0.25) is 9.59 Å². The Morgan fingerprint density at radius 3 is 2.24 bits per heavy atom. The maximum atomic E-state index is 11.3. The lowest BCUT2D eigenvalue weighted by Crippen LogP contribution is -2.11. The Morgan fingerprint density at radius 2 is 1.62 bits per heavy atom. The van der Waals surface area contributed by atoms with Crippen LogP contribution in [0.15, 0.2) is 0 Å². The first-order chi connectivity index (χ1) is 10.3. The van der Waals surface area contributed by atoms with Crippen LogP contribution in [0.5, 0.6) is 0 Å². The van der Waals surface area contributed by atoms with Crippen molar-refractivity contribution in [3.8, 4) is 0 Å². The van der Waals surface area contributed by atoms with Gasteiger partial charge in [-0.1, -0.05) is 0 Å². The quantitative estimate of drug-likeness (QED) is 0.264. The average molecular weight is 333 g/mol. The largest absolute Gasteiger partial charge is 0.465 e. The van der Waals surface area contributed by atoms with E-state index in [4.69, 9.17) is 9.47 Å². The van der Waals surface area contributed by atoms with E-state index < -0.39 is 0 Å². The minimum Gasteiger partial charge on any atom is -0.465 e. The number of cyclic esters (lactones) is 2. The van der Waals surface area contributed by atoms with Crippen LogP contribution >= 0.6 is 11.8 Å². The molecule has 2 aliphatic heterocycles. The van der Waals surface area contributed by atoms with Gasteiger partial charge in [-0.15, -0.1) is 0 Å². The van der Waals surface area contributed by atoms with Crippen LogP contribution in [0, 0.1) is 11.8 Å². The standard InChI is InChI=1S/C15H24O4S2/c16-14-12(2-6-18-14)4-10-20-8-1-9-21-11-5-13-3-7-19-15(13)17/h12-13H,1-11H2/p+1. The smallest absolute Gasteiger partial charge is 0.309 e. The predicted molar refractivity (Wildman–Crippen MR) is 87.8 cm³/mol. The summed E-state index contributed by atoms with van der Waals surface area (Å²) in [6.07, 6.45) is 4.98. The summed E-state index contributed by atoms with van der Waals surface area (Å²) in [5.41, 5.74) is 0. The van der Waals surface area contributed by atoms with Gasteiger partial charge in [-0.25, -0.2) is 0 Å². The van der Waals surface area contributed by atoms with E-state index in [9.17, 15) is 9.59 Å². The number of carbonyl (C=O) groups excluding carboxylic acids is 2. The van der Waals surface area contributed by atoms with Crippen molar-refractivity contribution < 1.29 is 19.1 Å². The summed E-state index contributed by atoms with van der Waals surface area (Å²) >= 11 is 3.39. The second kappa shape index (κ2) is 9.62. The van der Waals surface area contributed by atoms with Crippen LogP contribution in [0.3, 0.4) is 0 Å². The Bertz CT molecular complexity index is 317. The van der Waals surface area contributed by atoms with Crippen molar-refractivity contribution >= 4 is 35.5 Å². The van der Waals surface area contributed by atoms with E-state index in [1.165, 1.54) is 29.7 Å². The van der Waals surface area contributed by atoms with Gasteiger partial charge in [-0.2, -0.15) is 11.8 Å². The second-order valence-electron chi connectivity index (χ2n) is 5.52. The zero-order chi connectivity index (χ0) is 14.9. The van der Waals surface area contributed by atoms with E-state index in [2.05, 4.69) is 0 Å². The molecule has 0 amide bonds. The van der Waals surface area contributed by atoms with Gasteiger partial charge in [0.2, 0.25) is 0 Å². The molecule has 2 saturated heterocycles. The summed E-state index contributed by atoms with van der Waals surface area (Å²) in [4.78, 5) is 22.6. The summed E-state index contributed by atoms with van der Waals surface area (Å²) in [6, 6.07) is 0. The Morgan fingerprint density at radius 1 is 0.952 bits per heavy atom. The van der Waals surface area contributed by atoms with Crippen molar-refractivity contribution in [3.63, 3.8) is 0 Å². The van der Waals surface area contributed by atoms with Crippen LogP contribution in [-0.2, 0) is 30.8 Å². The van der Waals surface area contributed by atoms with Gasteiger partial charge in [0.05, 0.1) is 25.0 Å². The highest BCUT2D eigenvalue weighted by Gasteiger charge is 2.27. The van der Waals surface area contributed by atoms with E-state index in [0.29, 0.717) is 13.2 Å². The fraction of sp³-hybridized carbons (Fsp3) is 0.867. The Labute approximate surface area is 135 Å². The Hall–Kier alpha value is -0.360. The van der Waals surface area contributed by atoms with Gasteiger partial charge in [0.1, 0.15) is 11.5 Å². The van der Waals surface area contributed by atoms with Gasteiger partial charge in [0, 0.05) is 12.8 Å². The number of esters is 2. The van der Waals surface area contributed by atoms with Crippen LogP contribution in [-0.4, -0.2) is 48.2 Å². The van der Waals surface area contributed by atoms with E-state index >= 15 is 0 Å². The van der Waals surface area contributed by atoms with Crippen molar-refractivity contribution in [1.82, 2.24) is 0 Å². The van der Waals surface area contributed by atoms with Gasteiger partial charge >= 0.3 is 11.9 Å². The molecule has 0 aliphatic carbocycles. The molecule has 0 aromatic heterocycles. The third-order valence-corrected chi connectivity index (χ3v) is 6.25. The van der Waals surface area contributed by atoms with Gasteiger partial charge in [0.15, 0.2) is 0 Å². The molecule has 0 bridgehead atoms. The summed E-state index contributed by atoms with van der Waals surface area (Å²) in [7, 11) is 0. The zero-order valence-corrected chi connectivity index (χ0v) is 14.1. The van der Waals surface area contributed by atoms with Crippen LogP contribution in [0.1, 0.15) is 32.1 Å². The molecule has 0 radical (unpaired) electrons. The third kappa shape index (κ3) is 6.10. The average Bonchev–Trinajstić information content (AvgIpc) is 3.06. The van der Waals surface area contributed by atoms with Crippen molar-refractivity contribution in [2.75, 3.05) is 36.2 Å². The van der Waals surface area contributed by atoms with Crippen LogP contribution < -0.4 is 0 Å². The lowest BCUT2D eigenvalue weighted by Gasteiger charge is -2.04. The Kier molecular flexibility index (Phi) is 7.78. The molecular formula is C15H25O4S2+. The van der Waals surface area contributed by atoms with Crippen LogP contribution in [0.2, 0.25) is 0 Å². The monoisotopic (exact) mass is 333 g/mol. The number of hydrogen-bond acceptors (Lipinski definition) is 5. The molecular weight excluding hydrogens is 308 g/mol. The molecule has 21 heavy (non-hydrogen) atoms. The molecule has 0 saturated carbocycles. The molecule has 0 aromatic rings. The third-order valence-electron chi connectivity index (χ3n) is 3.94. The highest BCUT2D eigenvalue weighted by molar-refractivity contribution is 7.99. The maximum absolute atomic E-state index is 11.3. The van der Waals surface area contributed by atoms with Gasteiger partial charge in [-0.05, 0) is 42.5 Å². The first-order valence-corrected chi connectivity index (χ1v) is 10.2. The topological polar surface area (TPSA) is 52.6 Å². The molecule has 0 spiro atoms.